The van der Waals surface area contributed by atoms with Crippen LogP contribution in [0.25, 0.3) is 16.5 Å². The van der Waals surface area contributed by atoms with Gasteiger partial charge in [0.25, 0.3) is 5.91 Å². The molecular weight excluding hydrogens is 468 g/mol. The van der Waals surface area contributed by atoms with Gasteiger partial charge in [0.1, 0.15) is 0 Å². The molecule has 0 atom stereocenters. The van der Waals surface area contributed by atoms with Gasteiger partial charge in [-0.2, -0.15) is 0 Å². The zero-order chi connectivity index (χ0) is 26.3. The summed E-state index contributed by atoms with van der Waals surface area (Å²) in [5.41, 5.74) is 3.45. The number of para-hydroxylation sites is 1. The van der Waals surface area contributed by atoms with Gasteiger partial charge in [0.15, 0.2) is 0 Å². The van der Waals surface area contributed by atoms with Gasteiger partial charge in [-0.3, -0.25) is 14.5 Å². The SMILES string of the molecule is CC(=O)N1CCN(Cc2cccc(C(=O)N3C=C(C(=O)O)c4[nH]c5ccccc5c4C(C)(C)C3)c2)CC1. The van der Waals surface area contributed by atoms with Gasteiger partial charge < -0.3 is 19.9 Å². The number of carboxylic acid groups (broad SMARTS) is 1. The number of amides is 2. The van der Waals surface area contributed by atoms with Crippen LogP contribution in [0.5, 0.6) is 0 Å². The number of piperazine rings is 1. The van der Waals surface area contributed by atoms with E-state index >= 15 is 0 Å². The minimum Gasteiger partial charge on any atom is -0.478 e. The summed E-state index contributed by atoms with van der Waals surface area (Å²) in [6.07, 6.45) is 1.47. The number of hydrogen-bond donors (Lipinski definition) is 2. The van der Waals surface area contributed by atoms with Crippen LogP contribution >= 0.6 is 0 Å². The number of hydrogen-bond acceptors (Lipinski definition) is 4. The molecule has 2 N–H and O–H groups in total. The number of carboxylic acids is 1. The Hall–Kier alpha value is -3.91. The van der Waals surface area contributed by atoms with Crippen molar-refractivity contribution < 1.29 is 19.5 Å². The molecule has 0 bridgehead atoms. The van der Waals surface area contributed by atoms with Crippen LogP contribution in [-0.2, 0) is 21.5 Å². The Bertz CT molecular complexity index is 1410. The molecule has 3 heterocycles. The molecule has 192 valence electrons. The topological polar surface area (TPSA) is 97.0 Å². The minimum absolute atomic E-state index is 0.0737. The van der Waals surface area contributed by atoms with E-state index in [4.69, 9.17) is 0 Å². The summed E-state index contributed by atoms with van der Waals surface area (Å²) < 4.78 is 0. The van der Waals surface area contributed by atoms with Gasteiger partial charge >= 0.3 is 5.97 Å². The Morgan fingerprint density at radius 1 is 1.00 bits per heavy atom. The molecule has 5 rings (SSSR count). The van der Waals surface area contributed by atoms with Gasteiger partial charge in [-0.15, -0.1) is 0 Å². The molecule has 2 amide bonds. The van der Waals surface area contributed by atoms with Crippen LogP contribution in [0, 0.1) is 0 Å². The minimum atomic E-state index is -1.08. The molecule has 2 aliphatic heterocycles. The first kappa shape index (κ1) is 24.8. The van der Waals surface area contributed by atoms with E-state index in [1.165, 1.54) is 11.1 Å². The Balaban J connectivity index is 1.42. The zero-order valence-electron chi connectivity index (χ0n) is 21.5. The maximum atomic E-state index is 13.7. The van der Waals surface area contributed by atoms with E-state index in [0.29, 0.717) is 37.4 Å². The van der Waals surface area contributed by atoms with Crippen LogP contribution in [0.1, 0.15) is 48.0 Å². The van der Waals surface area contributed by atoms with Crippen molar-refractivity contribution in [2.24, 2.45) is 0 Å². The van der Waals surface area contributed by atoms with E-state index in [-0.39, 0.29) is 17.4 Å². The first-order valence-electron chi connectivity index (χ1n) is 12.6. The highest BCUT2D eigenvalue weighted by Gasteiger charge is 2.37. The Labute approximate surface area is 216 Å². The summed E-state index contributed by atoms with van der Waals surface area (Å²) in [5, 5.41) is 11.1. The molecule has 3 aromatic rings. The molecule has 37 heavy (non-hydrogen) atoms. The fourth-order valence-corrected chi connectivity index (χ4v) is 5.56. The lowest BCUT2D eigenvalue weighted by atomic mass is 9.81. The third kappa shape index (κ3) is 4.76. The summed E-state index contributed by atoms with van der Waals surface area (Å²) >= 11 is 0. The summed E-state index contributed by atoms with van der Waals surface area (Å²) in [5.74, 6) is -1.22. The maximum Gasteiger partial charge on any atom is 0.339 e. The second-order valence-electron chi connectivity index (χ2n) is 10.6. The van der Waals surface area contributed by atoms with Gasteiger partial charge in [-0.25, -0.2) is 4.79 Å². The molecule has 0 unspecified atom stereocenters. The molecule has 1 saturated heterocycles. The van der Waals surface area contributed by atoms with Crippen molar-refractivity contribution >= 4 is 34.3 Å². The molecule has 1 fully saturated rings. The number of aliphatic carboxylic acids is 1. The van der Waals surface area contributed by atoms with E-state index in [1.54, 1.807) is 13.0 Å². The first-order chi connectivity index (χ1) is 17.6. The first-order valence-corrected chi connectivity index (χ1v) is 12.6. The highest BCUT2D eigenvalue weighted by Crippen LogP contribution is 2.40. The lowest BCUT2D eigenvalue weighted by molar-refractivity contribution is -0.131. The van der Waals surface area contributed by atoms with Crippen molar-refractivity contribution in [1.29, 1.82) is 0 Å². The smallest absolute Gasteiger partial charge is 0.339 e. The largest absolute Gasteiger partial charge is 0.478 e. The maximum absolute atomic E-state index is 13.7. The number of H-pyrrole nitrogens is 1. The van der Waals surface area contributed by atoms with E-state index in [0.717, 1.165) is 35.1 Å². The molecule has 8 heteroatoms. The van der Waals surface area contributed by atoms with Crippen molar-refractivity contribution in [3.63, 3.8) is 0 Å². The van der Waals surface area contributed by atoms with Gasteiger partial charge in [0.2, 0.25) is 5.91 Å². The molecule has 0 spiro atoms. The molecule has 2 aromatic carbocycles. The molecule has 0 aliphatic carbocycles. The van der Waals surface area contributed by atoms with Crippen LogP contribution in [0.15, 0.2) is 54.7 Å². The molecule has 1 aromatic heterocycles. The summed E-state index contributed by atoms with van der Waals surface area (Å²) in [6.45, 7) is 9.69. The second-order valence-corrected chi connectivity index (χ2v) is 10.6. The number of nitrogens with zero attached hydrogens (tertiary/aromatic N) is 3. The summed E-state index contributed by atoms with van der Waals surface area (Å²) in [7, 11) is 0. The fourth-order valence-electron chi connectivity index (χ4n) is 5.56. The van der Waals surface area contributed by atoms with E-state index in [9.17, 15) is 19.5 Å². The monoisotopic (exact) mass is 500 g/mol. The second kappa shape index (κ2) is 9.52. The van der Waals surface area contributed by atoms with Crippen LogP contribution in [-0.4, -0.2) is 75.3 Å². The molecular formula is C29H32N4O4. The van der Waals surface area contributed by atoms with Crippen LogP contribution in [0.2, 0.25) is 0 Å². The quantitative estimate of drug-likeness (QED) is 0.570. The van der Waals surface area contributed by atoms with Crippen molar-refractivity contribution in [1.82, 2.24) is 19.7 Å². The standard InChI is InChI=1S/C29H32N4O4/c1-19(34)32-13-11-31(12-14-32)16-20-7-6-8-21(15-20)27(35)33-17-23(28(36)37)26-25(29(2,3)18-33)22-9-4-5-10-24(22)30-26/h4-10,15,17,30H,11-14,16,18H2,1-3H3,(H,36,37). The van der Waals surface area contributed by atoms with Crippen LogP contribution in [0.3, 0.4) is 0 Å². The molecule has 8 nitrogen and oxygen atoms in total. The highest BCUT2D eigenvalue weighted by molar-refractivity contribution is 6.17. The summed E-state index contributed by atoms with van der Waals surface area (Å²) in [6, 6.07) is 15.3. The third-order valence-electron chi connectivity index (χ3n) is 7.39. The Morgan fingerprint density at radius 2 is 1.73 bits per heavy atom. The predicted octanol–water partition coefficient (Wildman–Crippen LogP) is 3.69. The van der Waals surface area contributed by atoms with Crippen molar-refractivity contribution in [3.8, 4) is 0 Å². The Morgan fingerprint density at radius 3 is 2.43 bits per heavy atom. The number of carbonyl (C=O) groups excluding carboxylic acids is 2. The van der Waals surface area contributed by atoms with Gasteiger partial charge in [-0.1, -0.05) is 44.2 Å². The number of fused-ring (bicyclic) bond motifs is 3. The van der Waals surface area contributed by atoms with Crippen molar-refractivity contribution in [2.45, 2.75) is 32.7 Å². The predicted molar refractivity (Wildman–Crippen MR) is 142 cm³/mol. The highest BCUT2D eigenvalue weighted by atomic mass is 16.4. The van der Waals surface area contributed by atoms with Crippen LogP contribution < -0.4 is 0 Å². The number of benzene rings is 2. The molecule has 0 saturated carbocycles. The van der Waals surface area contributed by atoms with Gasteiger partial charge in [0, 0.05) is 74.3 Å². The number of rotatable bonds is 4. The average molecular weight is 501 g/mol. The third-order valence-corrected chi connectivity index (χ3v) is 7.39. The normalized spacial score (nSPS) is 17.8. The zero-order valence-corrected chi connectivity index (χ0v) is 21.5. The van der Waals surface area contributed by atoms with Crippen LogP contribution in [0.4, 0.5) is 0 Å². The molecule has 2 aliphatic rings. The van der Waals surface area contributed by atoms with E-state index in [2.05, 4.69) is 9.88 Å². The lowest BCUT2D eigenvalue weighted by Crippen LogP contribution is -2.47. The number of nitrogens with one attached hydrogen (secondary N) is 1. The van der Waals surface area contributed by atoms with Crippen molar-refractivity contribution in [2.75, 3.05) is 32.7 Å². The lowest BCUT2D eigenvalue weighted by Gasteiger charge is -2.34. The average Bonchev–Trinajstić information content (AvgIpc) is 3.21. The number of aromatic nitrogens is 1. The van der Waals surface area contributed by atoms with Gasteiger partial charge in [-0.05, 0) is 29.3 Å². The van der Waals surface area contributed by atoms with Gasteiger partial charge in [0.05, 0.1) is 11.3 Å². The molecule has 0 radical (unpaired) electrons. The number of aromatic amines is 1. The Kier molecular flexibility index (Phi) is 6.37. The summed E-state index contributed by atoms with van der Waals surface area (Å²) in [4.78, 5) is 46.6. The van der Waals surface area contributed by atoms with Crippen molar-refractivity contribution in [3.05, 3.63) is 77.1 Å². The van der Waals surface area contributed by atoms with E-state index in [1.807, 2.05) is 61.2 Å². The number of carbonyl (C=O) groups is 3. The van der Waals surface area contributed by atoms with E-state index < -0.39 is 11.4 Å². The fraction of sp³-hybridized carbons (Fsp3) is 0.345.